The van der Waals surface area contributed by atoms with Crippen molar-refractivity contribution in [1.82, 2.24) is 15.3 Å². The van der Waals surface area contributed by atoms with Gasteiger partial charge in [-0.1, -0.05) is 0 Å². The Labute approximate surface area is 95.3 Å². The van der Waals surface area contributed by atoms with Gasteiger partial charge in [-0.2, -0.15) is 0 Å². The van der Waals surface area contributed by atoms with Crippen LogP contribution in [0.1, 0.15) is 24.7 Å². The molecule has 0 spiro atoms. The Balaban J connectivity index is 2.29. The lowest BCUT2D eigenvalue weighted by molar-refractivity contribution is -0.118. The summed E-state index contributed by atoms with van der Waals surface area (Å²) < 4.78 is 5.38. The Bertz CT molecular complexity index is 346. The Morgan fingerprint density at radius 2 is 2.00 bits per heavy atom. The van der Waals surface area contributed by atoms with Gasteiger partial charge in [-0.15, -0.1) is 0 Å². The number of carbonyl (C=O) groups is 1. The van der Waals surface area contributed by atoms with Crippen LogP contribution in [0.3, 0.4) is 0 Å². The minimum Gasteiger partial charge on any atom is -0.463 e. The molecule has 0 fully saturated rings. The van der Waals surface area contributed by atoms with E-state index in [2.05, 4.69) is 15.3 Å². The van der Waals surface area contributed by atoms with Gasteiger partial charge in [0.25, 0.3) is 0 Å². The monoisotopic (exact) mass is 223 g/mol. The Morgan fingerprint density at radius 3 is 2.56 bits per heavy atom. The second-order valence-electron chi connectivity index (χ2n) is 3.62. The highest BCUT2D eigenvalue weighted by Gasteiger charge is 2.00. The van der Waals surface area contributed by atoms with Crippen molar-refractivity contribution in [1.29, 1.82) is 0 Å². The minimum absolute atomic E-state index is 0.0253. The molecular formula is C11H17N3O2. The van der Waals surface area contributed by atoms with Crippen molar-refractivity contribution < 1.29 is 9.53 Å². The zero-order valence-corrected chi connectivity index (χ0v) is 9.91. The molecule has 0 unspecified atom stereocenters. The molecule has 0 aliphatic carbocycles. The molecule has 1 amide bonds. The standard InChI is InChI=1S/C11H17N3O2/c1-8-7-9(2)14-11(13-8)16-6-4-5-12-10(3)15/h7H,4-6H2,1-3H3,(H,12,15). The molecule has 5 nitrogen and oxygen atoms in total. The van der Waals surface area contributed by atoms with E-state index in [1.165, 1.54) is 6.92 Å². The highest BCUT2D eigenvalue weighted by atomic mass is 16.5. The molecule has 1 heterocycles. The largest absolute Gasteiger partial charge is 0.463 e. The number of hydrogen-bond acceptors (Lipinski definition) is 4. The third kappa shape index (κ3) is 4.72. The van der Waals surface area contributed by atoms with Gasteiger partial charge in [-0.3, -0.25) is 4.79 Å². The summed E-state index contributed by atoms with van der Waals surface area (Å²) in [5, 5.41) is 2.69. The quantitative estimate of drug-likeness (QED) is 0.756. The van der Waals surface area contributed by atoms with Crippen molar-refractivity contribution in [2.75, 3.05) is 13.2 Å². The van der Waals surface area contributed by atoms with Crippen LogP contribution in [0.25, 0.3) is 0 Å². The first kappa shape index (κ1) is 12.4. The molecule has 0 saturated carbocycles. The van der Waals surface area contributed by atoms with E-state index in [0.717, 1.165) is 17.8 Å². The molecule has 88 valence electrons. The molecule has 1 aromatic heterocycles. The molecule has 0 saturated heterocycles. The van der Waals surface area contributed by atoms with Crippen molar-refractivity contribution in [3.05, 3.63) is 17.5 Å². The summed E-state index contributed by atoms with van der Waals surface area (Å²) in [4.78, 5) is 18.9. The summed E-state index contributed by atoms with van der Waals surface area (Å²) in [7, 11) is 0. The van der Waals surface area contributed by atoms with Gasteiger partial charge in [0.1, 0.15) is 0 Å². The molecule has 1 aromatic rings. The van der Waals surface area contributed by atoms with Crippen LogP contribution in [0.15, 0.2) is 6.07 Å². The van der Waals surface area contributed by atoms with E-state index in [-0.39, 0.29) is 5.91 Å². The Kier molecular flexibility index (Phi) is 4.69. The van der Waals surface area contributed by atoms with Crippen LogP contribution in [-0.4, -0.2) is 29.0 Å². The number of rotatable bonds is 5. The Morgan fingerprint density at radius 1 is 1.38 bits per heavy atom. The highest BCUT2D eigenvalue weighted by molar-refractivity contribution is 5.72. The van der Waals surface area contributed by atoms with Crippen molar-refractivity contribution in [2.45, 2.75) is 27.2 Å². The summed E-state index contributed by atoms with van der Waals surface area (Å²) in [6.45, 7) is 6.41. The van der Waals surface area contributed by atoms with E-state index >= 15 is 0 Å². The normalized spacial score (nSPS) is 9.94. The van der Waals surface area contributed by atoms with E-state index in [1.54, 1.807) is 0 Å². The first-order valence-corrected chi connectivity index (χ1v) is 5.27. The fourth-order valence-electron chi connectivity index (χ4n) is 1.26. The molecule has 5 heteroatoms. The fraction of sp³-hybridized carbons (Fsp3) is 0.545. The van der Waals surface area contributed by atoms with Gasteiger partial charge in [-0.25, -0.2) is 9.97 Å². The van der Waals surface area contributed by atoms with Crippen LogP contribution < -0.4 is 10.1 Å². The number of amides is 1. The fourth-order valence-corrected chi connectivity index (χ4v) is 1.26. The van der Waals surface area contributed by atoms with Crippen molar-refractivity contribution >= 4 is 5.91 Å². The summed E-state index contributed by atoms with van der Waals surface area (Å²) in [6.07, 6.45) is 0.746. The van der Waals surface area contributed by atoms with Crippen LogP contribution in [0, 0.1) is 13.8 Å². The van der Waals surface area contributed by atoms with Gasteiger partial charge in [0.2, 0.25) is 5.91 Å². The lowest BCUT2D eigenvalue weighted by Gasteiger charge is -2.06. The van der Waals surface area contributed by atoms with Gasteiger partial charge in [0.05, 0.1) is 6.61 Å². The van der Waals surface area contributed by atoms with Gasteiger partial charge >= 0.3 is 6.01 Å². The van der Waals surface area contributed by atoms with E-state index < -0.39 is 0 Å². The van der Waals surface area contributed by atoms with Gasteiger partial charge < -0.3 is 10.1 Å². The molecule has 0 bridgehead atoms. The molecule has 0 aliphatic rings. The minimum atomic E-state index is -0.0253. The van der Waals surface area contributed by atoms with Crippen molar-refractivity contribution in [3.63, 3.8) is 0 Å². The Hall–Kier alpha value is -1.65. The first-order chi connectivity index (χ1) is 7.58. The summed E-state index contributed by atoms with van der Waals surface area (Å²) in [5.74, 6) is -0.0253. The molecule has 16 heavy (non-hydrogen) atoms. The third-order valence-electron chi connectivity index (χ3n) is 1.89. The van der Waals surface area contributed by atoms with Crippen LogP contribution in [0.4, 0.5) is 0 Å². The lowest BCUT2D eigenvalue weighted by atomic mass is 10.4. The third-order valence-corrected chi connectivity index (χ3v) is 1.89. The summed E-state index contributed by atoms with van der Waals surface area (Å²) >= 11 is 0. The molecule has 0 aromatic carbocycles. The van der Waals surface area contributed by atoms with Gasteiger partial charge in [0, 0.05) is 24.9 Å². The second kappa shape index (κ2) is 6.05. The molecule has 1 N–H and O–H groups in total. The lowest BCUT2D eigenvalue weighted by Crippen LogP contribution is -2.22. The first-order valence-electron chi connectivity index (χ1n) is 5.27. The zero-order chi connectivity index (χ0) is 12.0. The number of nitrogens with one attached hydrogen (secondary N) is 1. The average molecular weight is 223 g/mol. The van der Waals surface area contributed by atoms with Crippen LogP contribution >= 0.6 is 0 Å². The van der Waals surface area contributed by atoms with Gasteiger partial charge in [-0.05, 0) is 26.3 Å². The number of hydrogen-bond donors (Lipinski definition) is 1. The van der Waals surface area contributed by atoms with Crippen molar-refractivity contribution in [3.8, 4) is 6.01 Å². The SMILES string of the molecule is CC(=O)NCCCOc1nc(C)cc(C)n1. The van der Waals surface area contributed by atoms with Crippen molar-refractivity contribution in [2.24, 2.45) is 0 Å². The topological polar surface area (TPSA) is 64.1 Å². The molecule has 0 aliphatic heterocycles. The number of nitrogens with zero attached hydrogens (tertiary/aromatic N) is 2. The maximum Gasteiger partial charge on any atom is 0.316 e. The maximum atomic E-state index is 10.6. The average Bonchev–Trinajstić information content (AvgIpc) is 2.15. The summed E-state index contributed by atoms with van der Waals surface area (Å²) in [5.41, 5.74) is 1.79. The number of aromatic nitrogens is 2. The van der Waals surface area contributed by atoms with Crippen LogP contribution in [-0.2, 0) is 4.79 Å². The molecular weight excluding hydrogens is 206 g/mol. The second-order valence-corrected chi connectivity index (χ2v) is 3.62. The summed E-state index contributed by atoms with van der Waals surface area (Å²) in [6, 6.07) is 2.30. The zero-order valence-electron chi connectivity index (χ0n) is 9.91. The number of ether oxygens (including phenoxy) is 1. The van der Waals surface area contributed by atoms with E-state index in [4.69, 9.17) is 4.74 Å². The van der Waals surface area contributed by atoms with Crippen LogP contribution in [0.5, 0.6) is 6.01 Å². The highest BCUT2D eigenvalue weighted by Crippen LogP contribution is 2.05. The van der Waals surface area contributed by atoms with Gasteiger partial charge in [0.15, 0.2) is 0 Å². The maximum absolute atomic E-state index is 10.6. The molecule has 1 rings (SSSR count). The predicted molar refractivity (Wildman–Crippen MR) is 60.3 cm³/mol. The van der Waals surface area contributed by atoms with E-state index in [1.807, 2.05) is 19.9 Å². The van der Waals surface area contributed by atoms with Crippen LogP contribution in [0.2, 0.25) is 0 Å². The van der Waals surface area contributed by atoms with E-state index in [9.17, 15) is 4.79 Å². The number of carbonyl (C=O) groups excluding carboxylic acids is 1. The molecule has 0 atom stereocenters. The van der Waals surface area contributed by atoms with E-state index in [0.29, 0.717) is 19.2 Å². The predicted octanol–water partition coefficient (Wildman–Crippen LogP) is 0.998. The number of aryl methyl sites for hydroxylation is 2. The smallest absolute Gasteiger partial charge is 0.316 e. The molecule has 0 radical (unpaired) electrons.